The largest absolute Gasteiger partial charge is 0.463 e. The summed E-state index contributed by atoms with van der Waals surface area (Å²) in [6.45, 7) is 6.22. The topological polar surface area (TPSA) is 26.3 Å². The molecule has 0 bridgehead atoms. The van der Waals surface area contributed by atoms with Gasteiger partial charge in [-0.05, 0) is 50.3 Å². The average Bonchev–Trinajstić information content (AvgIpc) is 2.71. The van der Waals surface area contributed by atoms with Crippen molar-refractivity contribution in [2.75, 3.05) is 6.61 Å². The van der Waals surface area contributed by atoms with E-state index in [1.165, 1.54) is 16.7 Å². The zero-order valence-electron chi connectivity index (χ0n) is 10.7. The van der Waals surface area contributed by atoms with Crippen LogP contribution in [0.1, 0.15) is 37.0 Å². The Morgan fingerprint density at radius 3 is 2.82 bits per heavy atom. The first-order valence-corrected chi connectivity index (χ1v) is 6.10. The van der Waals surface area contributed by atoms with Crippen molar-refractivity contribution in [2.45, 2.75) is 33.6 Å². The van der Waals surface area contributed by atoms with E-state index < -0.39 is 0 Å². The van der Waals surface area contributed by atoms with Gasteiger partial charge in [-0.2, -0.15) is 0 Å². The molecule has 1 aromatic carbocycles. The average molecular weight is 230 g/mol. The second-order valence-corrected chi connectivity index (χ2v) is 4.48. The third-order valence-corrected chi connectivity index (χ3v) is 3.27. The molecule has 90 valence electrons. The molecule has 0 N–H and O–H groups in total. The number of rotatable bonds is 2. The van der Waals surface area contributed by atoms with E-state index in [0.29, 0.717) is 6.61 Å². The Morgan fingerprint density at radius 2 is 2.12 bits per heavy atom. The first kappa shape index (κ1) is 11.9. The Balaban J connectivity index is 2.41. The second kappa shape index (κ2) is 4.74. The summed E-state index contributed by atoms with van der Waals surface area (Å²) >= 11 is 0. The molecule has 0 saturated heterocycles. The first-order valence-electron chi connectivity index (χ1n) is 6.10. The lowest BCUT2D eigenvalue weighted by atomic mass is 10.0. The number of benzene rings is 1. The van der Waals surface area contributed by atoms with E-state index in [1.807, 2.05) is 13.8 Å². The maximum absolute atomic E-state index is 11.7. The molecule has 2 heteroatoms. The van der Waals surface area contributed by atoms with Gasteiger partial charge in [0.05, 0.1) is 6.61 Å². The summed E-state index contributed by atoms with van der Waals surface area (Å²) in [6.07, 6.45) is 1.98. The molecular weight excluding hydrogens is 212 g/mol. The summed E-state index contributed by atoms with van der Waals surface area (Å²) in [6, 6.07) is 6.46. The molecular formula is C15H18O2. The van der Waals surface area contributed by atoms with Crippen LogP contribution < -0.4 is 0 Å². The molecule has 0 amide bonds. The van der Waals surface area contributed by atoms with Gasteiger partial charge in [-0.25, -0.2) is 4.79 Å². The third kappa shape index (κ3) is 2.26. The van der Waals surface area contributed by atoms with E-state index in [2.05, 4.69) is 25.1 Å². The van der Waals surface area contributed by atoms with Crippen LogP contribution in [-0.2, 0) is 16.0 Å². The molecule has 0 saturated carbocycles. The molecule has 0 radical (unpaired) electrons. The Hall–Kier alpha value is -1.57. The van der Waals surface area contributed by atoms with Gasteiger partial charge >= 0.3 is 5.97 Å². The van der Waals surface area contributed by atoms with Gasteiger partial charge in [-0.15, -0.1) is 0 Å². The van der Waals surface area contributed by atoms with Crippen molar-refractivity contribution in [1.82, 2.24) is 0 Å². The zero-order valence-corrected chi connectivity index (χ0v) is 10.7. The van der Waals surface area contributed by atoms with Crippen molar-refractivity contribution >= 4 is 11.5 Å². The fraction of sp³-hybridized carbons (Fsp3) is 0.400. The van der Waals surface area contributed by atoms with Gasteiger partial charge in [-0.3, -0.25) is 0 Å². The lowest BCUT2D eigenvalue weighted by Gasteiger charge is -2.07. The van der Waals surface area contributed by atoms with Gasteiger partial charge in [0.2, 0.25) is 0 Å². The second-order valence-electron chi connectivity index (χ2n) is 4.48. The van der Waals surface area contributed by atoms with Crippen LogP contribution in [0.3, 0.4) is 0 Å². The highest BCUT2D eigenvalue weighted by Crippen LogP contribution is 2.35. The number of allylic oxidation sites excluding steroid dienone is 1. The Bertz CT molecular complexity index is 484. The summed E-state index contributed by atoms with van der Waals surface area (Å²) in [5.41, 5.74) is 5.72. The van der Waals surface area contributed by atoms with Crippen molar-refractivity contribution in [3.8, 4) is 0 Å². The number of carbonyl (C=O) groups is 1. The van der Waals surface area contributed by atoms with Crippen molar-refractivity contribution in [2.24, 2.45) is 0 Å². The van der Waals surface area contributed by atoms with E-state index in [4.69, 9.17) is 4.74 Å². The fourth-order valence-corrected chi connectivity index (χ4v) is 2.34. The van der Waals surface area contributed by atoms with Crippen LogP contribution in [0.25, 0.3) is 5.57 Å². The maximum Gasteiger partial charge on any atom is 0.333 e. The van der Waals surface area contributed by atoms with Gasteiger partial charge in [0.1, 0.15) is 0 Å². The predicted molar refractivity (Wildman–Crippen MR) is 68.7 cm³/mol. The summed E-state index contributed by atoms with van der Waals surface area (Å²) in [5, 5.41) is 0. The highest BCUT2D eigenvalue weighted by Gasteiger charge is 2.21. The van der Waals surface area contributed by atoms with Crippen LogP contribution in [0.15, 0.2) is 23.8 Å². The molecule has 0 aromatic heterocycles. The smallest absolute Gasteiger partial charge is 0.333 e. The molecule has 0 aliphatic heterocycles. The van der Waals surface area contributed by atoms with Gasteiger partial charge in [0.25, 0.3) is 0 Å². The maximum atomic E-state index is 11.7. The molecule has 1 aliphatic carbocycles. The van der Waals surface area contributed by atoms with Crippen molar-refractivity contribution in [1.29, 1.82) is 0 Å². The molecule has 2 nitrogen and oxygen atoms in total. The Labute approximate surface area is 102 Å². The number of esters is 1. The van der Waals surface area contributed by atoms with Gasteiger partial charge in [0, 0.05) is 5.57 Å². The summed E-state index contributed by atoms with van der Waals surface area (Å²) in [5.74, 6) is -0.183. The highest BCUT2D eigenvalue weighted by molar-refractivity contribution is 5.98. The van der Waals surface area contributed by atoms with Crippen LogP contribution in [0.4, 0.5) is 0 Å². The Morgan fingerprint density at radius 1 is 1.35 bits per heavy atom. The summed E-state index contributed by atoms with van der Waals surface area (Å²) in [4.78, 5) is 11.7. The zero-order chi connectivity index (χ0) is 12.4. The van der Waals surface area contributed by atoms with Crippen LogP contribution >= 0.6 is 0 Å². The minimum absolute atomic E-state index is 0.183. The number of ether oxygens (including phenoxy) is 1. The summed E-state index contributed by atoms with van der Waals surface area (Å²) in [7, 11) is 0. The number of carbonyl (C=O) groups excluding carboxylic acids is 1. The SMILES string of the molecule is CCOC(=O)/C(C)=C1/CCc2ccc(C)cc21. The van der Waals surface area contributed by atoms with E-state index in [0.717, 1.165) is 24.0 Å². The van der Waals surface area contributed by atoms with Gasteiger partial charge < -0.3 is 4.74 Å². The number of aryl methyl sites for hydroxylation is 2. The molecule has 0 heterocycles. The number of hydrogen-bond donors (Lipinski definition) is 0. The van der Waals surface area contributed by atoms with Crippen LogP contribution in [0.5, 0.6) is 0 Å². The fourth-order valence-electron chi connectivity index (χ4n) is 2.34. The number of fused-ring (bicyclic) bond motifs is 1. The van der Waals surface area contributed by atoms with E-state index >= 15 is 0 Å². The summed E-state index contributed by atoms with van der Waals surface area (Å²) < 4.78 is 5.06. The van der Waals surface area contributed by atoms with Crippen molar-refractivity contribution < 1.29 is 9.53 Å². The Kier molecular flexibility index (Phi) is 3.32. The highest BCUT2D eigenvalue weighted by atomic mass is 16.5. The lowest BCUT2D eigenvalue weighted by molar-refractivity contribution is -0.138. The molecule has 1 aromatic rings. The molecule has 17 heavy (non-hydrogen) atoms. The van der Waals surface area contributed by atoms with E-state index in [1.54, 1.807) is 0 Å². The molecule has 0 atom stereocenters. The van der Waals surface area contributed by atoms with Crippen molar-refractivity contribution in [3.05, 3.63) is 40.5 Å². The molecule has 1 aliphatic rings. The normalized spacial score (nSPS) is 16.6. The third-order valence-electron chi connectivity index (χ3n) is 3.27. The van der Waals surface area contributed by atoms with Crippen LogP contribution in [0, 0.1) is 6.92 Å². The quantitative estimate of drug-likeness (QED) is 0.575. The molecule has 0 fully saturated rings. The monoisotopic (exact) mass is 230 g/mol. The van der Waals surface area contributed by atoms with Gasteiger partial charge in [-0.1, -0.05) is 23.8 Å². The van der Waals surface area contributed by atoms with E-state index in [-0.39, 0.29) is 5.97 Å². The van der Waals surface area contributed by atoms with Crippen LogP contribution in [-0.4, -0.2) is 12.6 Å². The molecule has 0 spiro atoms. The van der Waals surface area contributed by atoms with Crippen molar-refractivity contribution in [3.63, 3.8) is 0 Å². The van der Waals surface area contributed by atoms with Gasteiger partial charge in [0.15, 0.2) is 0 Å². The lowest BCUT2D eigenvalue weighted by Crippen LogP contribution is -2.06. The van der Waals surface area contributed by atoms with Crippen LogP contribution in [0.2, 0.25) is 0 Å². The number of hydrogen-bond acceptors (Lipinski definition) is 2. The minimum atomic E-state index is -0.183. The predicted octanol–water partition coefficient (Wildman–Crippen LogP) is 3.28. The molecule has 2 rings (SSSR count). The first-order chi connectivity index (χ1) is 8.13. The minimum Gasteiger partial charge on any atom is -0.463 e. The molecule has 0 unspecified atom stereocenters. The van der Waals surface area contributed by atoms with E-state index in [9.17, 15) is 4.79 Å². The standard InChI is InChI=1S/C15H18O2/c1-4-17-15(16)11(3)13-8-7-12-6-5-10(2)9-14(12)13/h5-6,9H,4,7-8H2,1-3H3/b13-11-.